The molecule has 2 unspecified atom stereocenters. The fourth-order valence-corrected chi connectivity index (χ4v) is 4.86. The lowest BCUT2D eigenvalue weighted by molar-refractivity contribution is -0.00353. The molecule has 0 saturated carbocycles. The molecule has 2 atom stereocenters. The quantitative estimate of drug-likeness (QED) is 0.827. The Labute approximate surface area is 154 Å². The first-order chi connectivity index (χ1) is 12.8. The van der Waals surface area contributed by atoms with Crippen LogP contribution in [0, 0.1) is 5.92 Å². The topological polar surface area (TPSA) is 32.8 Å². The van der Waals surface area contributed by atoms with Gasteiger partial charge in [0.1, 0.15) is 0 Å². The van der Waals surface area contributed by atoms with Crippen LogP contribution in [0.5, 0.6) is 0 Å². The average Bonchev–Trinajstić information content (AvgIpc) is 3.27. The van der Waals surface area contributed by atoms with Crippen LogP contribution < -0.4 is 0 Å². The summed E-state index contributed by atoms with van der Waals surface area (Å²) in [5.41, 5.74) is 3.69. The molecule has 0 N–H and O–H groups in total. The van der Waals surface area contributed by atoms with Crippen LogP contribution >= 0.6 is 0 Å². The lowest BCUT2D eigenvalue weighted by atomic mass is 9.88. The van der Waals surface area contributed by atoms with Gasteiger partial charge in [0.2, 0.25) is 0 Å². The first-order valence-corrected chi connectivity index (χ1v) is 9.65. The summed E-state index contributed by atoms with van der Waals surface area (Å²) in [5.74, 6) is 0.520. The zero-order valence-electron chi connectivity index (χ0n) is 14.9. The van der Waals surface area contributed by atoms with Gasteiger partial charge in [-0.3, -0.25) is 9.80 Å². The molecule has 5 rings (SSSR count). The Morgan fingerprint density at radius 1 is 0.923 bits per heavy atom. The highest BCUT2D eigenvalue weighted by Crippen LogP contribution is 2.38. The molecule has 2 fully saturated rings. The van der Waals surface area contributed by atoms with E-state index >= 15 is 0 Å². The number of carbonyl (C=O) groups excluding carboxylic acids is 1. The Bertz CT molecular complexity index is 787. The van der Waals surface area contributed by atoms with Gasteiger partial charge in [0.25, 0.3) is 0 Å². The summed E-state index contributed by atoms with van der Waals surface area (Å²) in [6, 6.07) is 18.7. The summed E-state index contributed by atoms with van der Waals surface area (Å²) in [6.07, 6.45) is 3.01. The van der Waals surface area contributed by atoms with E-state index in [9.17, 15) is 4.79 Å². The van der Waals surface area contributed by atoms with E-state index < -0.39 is 0 Å². The first kappa shape index (κ1) is 15.9. The molecule has 2 aromatic rings. The molecule has 1 amide bonds. The van der Waals surface area contributed by atoms with Crippen molar-refractivity contribution in [2.75, 3.05) is 19.6 Å². The number of piperidine rings is 1. The second kappa shape index (κ2) is 6.44. The maximum Gasteiger partial charge on any atom is 0.412 e. The molecule has 3 heterocycles. The Balaban J connectivity index is 1.46. The van der Waals surface area contributed by atoms with Crippen molar-refractivity contribution in [1.29, 1.82) is 0 Å². The van der Waals surface area contributed by atoms with Crippen LogP contribution in [-0.4, -0.2) is 41.8 Å². The van der Waals surface area contributed by atoms with Crippen molar-refractivity contribution in [3.8, 4) is 0 Å². The van der Waals surface area contributed by atoms with Crippen LogP contribution in [0.3, 0.4) is 0 Å². The van der Waals surface area contributed by atoms with Gasteiger partial charge in [-0.15, -0.1) is 0 Å². The Kier molecular flexibility index (Phi) is 3.93. The summed E-state index contributed by atoms with van der Waals surface area (Å²) in [6.45, 7) is 2.83. The molecular weight excluding hydrogens is 324 g/mol. The number of amides is 1. The minimum atomic E-state index is -0.169. The summed E-state index contributed by atoms with van der Waals surface area (Å²) >= 11 is 0. The molecule has 2 aromatic carbocycles. The number of carbonyl (C=O) groups is 1. The summed E-state index contributed by atoms with van der Waals surface area (Å²) in [7, 11) is 0. The van der Waals surface area contributed by atoms with Crippen molar-refractivity contribution in [3.63, 3.8) is 0 Å². The maximum absolute atomic E-state index is 13.1. The largest absolute Gasteiger partial charge is 0.430 e. The molecule has 0 radical (unpaired) electrons. The summed E-state index contributed by atoms with van der Waals surface area (Å²) in [5, 5.41) is 0. The summed E-state index contributed by atoms with van der Waals surface area (Å²) in [4.78, 5) is 17.4. The molecular formula is C22H24N2O2. The van der Waals surface area contributed by atoms with E-state index in [1.54, 1.807) is 0 Å². The van der Waals surface area contributed by atoms with Gasteiger partial charge in [0, 0.05) is 25.6 Å². The highest BCUT2D eigenvalue weighted by molar-refractivity contribution is 5.70. The number of ether oxygens (including phenoxy) is 1. The molecule has 0 spiro atoms. The smallest absolute Gasteiger partial charge is 0.412 e. The normalized spacial score (nSPS) is 29.5. The highest BCUT2D eigenvalue weighted by Gasteiger charge is 2.44. The third-order valence-electron chi connectivity index (χ3n) is 6.19. The van der Waals surface area contributed by atoms with Gasteiger partial charge >= 0.3 is 6.09 Å². The van der Waals surface area contributed by atoms with Gasteiger partial charge in [-0.05, 0) is 36.0 Å². The van der Waals surface area contributed by atoms with E-state index in [1.165, 1.54) is 11.1 Å². The van der Waals surface area contributed by atoms with Crippen LogP contribution in [-0.2, 0) is 11.2 Å². The molecule has 4 nitrogen and oxygen atoms in total. The molecule has 134 valence electrons. The second-order valence-corrected chi connectivity index (χ2v) is 7.60. The van der Waals surface area contributed by atoms with Crippen LogP contribution in [0.4, 0.5) is 4.79 Å². The molecule has 2 saturated heterocycles. The number of benzene rings is 2. The Hall–Kier alpha value is -2.33. The Morgan fingerprint density at radius 3 is 2.38 bits per heavy atom. The number of rotatable bonds is 2. The van der Waals surface area contributed by atoms with E-state index in [2.05, 4.69) is 41.3 Å². The monoisotopic (exact) mass is 348 g/mol. The van der Waals surface area contributed by atoms with E-state index in [0.717, 1.165) is 37.9 Å². The average molecular weight is 348 g/mol. The van der Waals surface area contributed by atoms with Gasteiger partial charge in [-0.1, -0.05) is 54.6 Å². The highest BCUT2D eigenvalue weighted by atomic mass is 16.6. The van der Waals surface area contributed by atoms with Crippen LogP contribution in [0.15, 0.2) is 54.6 Å². The minimum Gasteiger partial charge on any atom is -0.430 e. The number of nitrogens with zero attached hydrogens (tertiary/aromatic N) is 2. The van der Waals surface area contributed by atoms with Gasteiger partial charge in [0.15, 0.2) is 6.23 Å². The van der Waals surface area contributed by atoms with E-state index in [4.69, 9.17) is 4.74 Å². The zero-order chi connectivity index (χ0) is 17.5. The van der Waals surface area contributed by atoms with E-state index in [0.29, 0.717) is 12.5 Å². The fraction of sp³-hybridized carbons (Fsp3) is 0.409. The molecule has 2 bridgehead atoms. The second-order valence-electron chi connectivity index (χ2n) is 7.60. The van der Waals surface area contributed by atoms with Gasteiger partial charge < -0.3 is 4.74 Å². The standard InChI is InChI=1S/C22H24N2O2/c25-22(26-21-18-10-13-23(21)14-11-18)24-15-12-16-6-4-5-9-19(16)20(24)17-7-2-1-3-8-17/h1-9,18,20-21H,10-15H2. The van der Waals surface area contributed by atoms with E-state index in [-0.39, 0.29) is 18.4 Å². The Morgan fingerprint density at radius 2 is 1.65 bits per heavy atom. The van der Waals surface area contributed by atoms with Crippen LogP contribution in [0.2, 0.25) is 0 Å². The third-order valence-corrected chi connectivity index (χ3v) is 6.19. The summed E-state index contributed by atoms with van der Waals surface area (Å²) < 4.78 is 6.02. The molecule has 0 aromatic heterocycles. The van der Waals surface area contributed by atoms with Gasteiger partial charge in [-0.25, -0.2) is 4.79 Å². The first-order valence-electron chi connectivity index (χ1n) is 9.65. The molecule has 26 heavy (non-hydrogen) atoms. The van der Waals surface area contributed by atoms with Crippen LogP contribution in [0.25, 0.3) is 0 Å². The van der Waals surface area contributed by atoms with Gasteiger partial charge in [-0.2, -0.15) is 0 Å². The maximum atomic E-state index is 13.1. The van der Waals surface area contributed by atoms with Crippen molar-refractivity contribution in [1.82, 2.24) is 9.80 Å². The van der Waals surface area contributed by atoms with Crippen molar-refractivity contribution in [3.05, 3.63) is 71.3 Å². The molecule has 3 aliphatic heterocycles. The fourth-order valence-electron chi connectivity index (χ4n) is 4.86. The number of hydrogen-bond acceptors (Lipinski definition) is 3. The SMILES string of the molecule is O=C(OC1C2CCN1CC2)N1CCc2ccccc2C1c1ccccc1. The van der Waals surface area contributed by atoms with E-state index in [1.807, 2.05) is 23.1 Å². The minimum absolute atomic E-state index is 0.0175. The predicted molar refractivity (Wildman–Crippen MR) is 99.7 cm³/mol. The van der Waals surface area contributed by atoms with Crippen molar-refractivity contribution in [2.45, 2.75) is 31.5 Å². The number of hydrogen-bond donors (Lipinski definition) is 0. The van der Waals surface area contributed by atoms with Crippen molar-refractivity contribution in [2.24, 2.45) is 5.92 Å². The lowest BCUT2D eigenvalue weighted by Crippen LogP contribution is -2.44. The molecule has 0 aliphatic carbocycles. The molecule has 3 aliphatic rings. The van der Waals surface area contributed by atoms with Crippen molar-refractivity contribution < 1.29 is 9.53 Å². The predicted octanol–water partition coefficient (Wildman–Crippen LogP) is 3.82. The van der Waals surface area contributed by atoms with Crippen molar-refractivity contribution >= 4 is 6.09 Å². The zero-order valence-corrected chi connectivity index (χ0v) is 14.9. The molecule has 4 heteroatoms. The van der Waals surface area contributed by atoms with Gasteiger partial charge in [0.05, 0.1) is 6.04 Å². The third kappa shape index (κ3) is 2.60. The van der Waals surface area contributed by atoms with Crippen LogP contribution in [0.1, 0.15) is 35.6 Å². The lowest BCUT2D eigenvalue weighted by Gasteiger charge is -2.38. The number of fused-ring (bicyclic) bond motifs is 3.